The fraction of sp³-hybridized carbons (Fsp3) is 0.583. The molecule has 2 heterocycles. The summed E-state index contributed by atoms with van der Waals surface area (Å²) in [4.78, 5) is 24.3. The number of carbonyl (C=O) groups excluding carboxylic acids is 1. The molecule has 98 valence electrons. The number of carboxylic acids is 1. The summed E-state index contributed by atoms with van der Waals surface area (Å²) in [5.41, 5.74) is 0. The number of carbonyl (C=O) groups is 2. The van der Waals surface area contributed by atoms with Gasteiger partial charge in [-0.1, -0.05) is 6.92 Å². The number of rotatable bonds is 4. The van der Waals surface area contributed by atoms with Gasteiger partial charge in [-0.2, -0.15) is 5.10 Å². The van der Waals surface area contributed by atoms with E-state index in [2.05, 4.69) is 5.10 Å². The van der Waals surface area contributed by atoms with Crippen molar-refractivity contribution in [3.05, 3.63) is 12.3 Å². The number of carboxylic acid groups (broad SMARTS) is 1. The maximum atomic E-state index is 11.9. The first-order valence-electron chi connectivity index (χ1n) is 6.11. The Kier molecular flexibility index (Phi) is 3.36. The molecule has 6 nitrogen and oxygen atoms in total. The van der Waals surface area contributed by atoms with Crippen molar-refractivity contribution in [2.75, 3.05) is 11.4 Å². The van der Waals surface area contributed by atoms with Crippen LogP contribution in [0.1, 0.15) is 32.7 Å². The van der Waals surface area contributed by atoms with Crippen molar-refractivity contribution < 1.29 is 14.7 Å². The summed E-state index contributed by atoms with van der Waals surface area (Å²) in [6.07, 6.45) is 2.61. The van der Waals surface area contributed by atoms with Gasteiger partial charge in [0.15, 0.2) is 0 Å². The van der Waals surface area contributed by atoms with Gasteiger partial charge in [-0.3, -0.25) is 14.5 Å². The third-order valence-electron chi connectivity index (χ3n) is 3.41. The average molecular weight is 251 g/mol. The van der Waals surface area contributed by atoms with Crippen LogP contribution in [-0.2, 0) is 9.59 Å². The topological polar surface area (TPSA) is 75.4 Å². The molecule has 0 aromatic carbocycles. The summed E-state index contributed by atoms with van der Waals surface area (Å²) in [5, 5.41) is 13.2. The van der Waals surface area contributed by atoms with Gasteiger partial charge < -0.3 is 5.11 Å². The highest BCUT2D eigenvalue weighted by molar-refractivity contribution is 5.98. The summed E-state index contributed by atoms with van der Waals surface area (Å²) in [7, 11) is 0. The van der Waals surface area contributed by atoms with Gasteiger partial charge in [-0.05, 0) is 13.3 Å². The summed E-state index contributed by atoms with van der Waals surface area (Å²) in [6, 6.07) is 1.94. The molecule has 0 aliphatic carbocycles. The lowest BCUT2D eigenvalue weighted by Crippen LogP contribution is -2.29. The molecule has 1 aromatic rings. The SMILES string of the molecule is CCC(C)n1nccc1N1CC(C(=O)O)CC1=O. The highest BCUT2D eigenvalue weighted by Crippen LogP contribution is 2.27. The molecular formula is C12H17N3O3. The Morgan fingerprint density at radius 1 is 1.67 bits per heavy atom. The normalized spacial score (nSPS) is 21.3. The molecule has 1 aromatic heterocycles. The minimum atomic E-state index is -0.916. The van der Waals surface area contributed by atoms with Gasteiger partial charge in [-0.15, -0.1) is 0 Å². The maximum Gasteiger partial charge on any atom is 0.308 e. The van der Waals surface area contributed by atoms with Crippen LogP contribution < -0.4 is 4.90 Å². The Balaban J connectivity index is 2.25. The van der Waals surface area contributed by atoms with E-state index in [9.17, 15) is 9.59 Å². The number of nitrogens with zero attached hydrogens (tertiary/aromatic N) is 3. The fourth-order valence-corrected chi connectivity index (χ4v) is 2.13. The van der Waals surface area contributed by atoms with Crippen molar-refractivity contribution in [1.29, 1.82) is 0 Å². The van der Waals surface area contributed by atoms with Crippen LogP contribution in [0.15, 0.2) is 12.3 Å². The molecule has 1 amide bonds. The summed E-state index contributed by atoms with van der Waals surface area (Å²) >= 11 is 0. The zero-order valence-electron chi connectivity index (χ0n) is 10.5. The van der Waals surface area contributed by atoms with Crippen LogP contribution in [0.5, 0.6) is 0 Å². The van der Waals surface area contributed by atoms with E-state index < -0.39 is 11.9 Å². The molecule has 0 radical (unpaired) electrons. The lowest BCUT2D eigenvalue weighted by molar-refractivity contribution is -0.141. The van der Waals surface area contributed by atoms with Gasteiger partial charge >= 0.3 is 5.97 Å². The van der Waals surface area contributed by atoms with Crippen LogP contribution in [0.3, 0.4) is 0 Å². The second kappa shape index (κ2) is 4.80. The maximum absolute atomic E-state index is 11.9. The number of hydrogen-bond donors (Lipinski definition) is 1. The second-order valence-electron chi connectivity index (χ2n) is 4.63. The average Bonchev–Trinajstić information content (AvgIpc) is 2.93. The van der Waals surface area contributed by atoms with E-state index >= 15 is 0 Å². The van der Waals surface area contributed by atoms with Crippen molar-refractivity contribution in [2.24, 2.45) is 5.92 Å². The smallest absolute Gasteiger partial charge is 0.308 e. The zero-order valence-corrected chi connectivity index (χ0v) is 10.5. The largest absolute Gasteiger partial charge is 0.481 e. The highest BCUT2D eigenvalue weighted by atomic mass is 16.4. The molecule has 2 rings (SSSR count). The lowest BCUT2D eigenvalue weighted by atomic mass is 10.1. The first kappa shape index (κ1) is 12.6. The van der Waals surface area contributed by atoms with Gasteiger partial charge in [0, 0.05) is 19.0 Å². The van der Waals surface area contributed by atoms with Crippen LogP contribution >= 0.6 is 0 Å². The first-order chi connectivity index (χ1) is 8.54. The summed E-state index contributed by atoms with van der Waals surface area (Å²) < 4.78 is 1.78. The van der Waals surface area contributed by atoms with Gasteiger partial charge in [0.25, 0.3) is 0 Å². The molecule has 1 aliphatic rings. The predicted octanol–water partition coefficient (Wildman–Crippen LogP) is 1.29. The Hall–Kier alpha value is -1.85. The standard InChI is InChI=1S/C12H17N3O3/c1-3-8(2)15-10(4-5-13-15)14-7-9(12(17)18)6-11(14)16/h4-5,8-9H,3,6-7H2,1-2H3,(H,17,18). The molecular weight excluding hydrogens is 234 g/mol. The molecule has 18 heavy (non-hydrogen) atoms. The Bertz CT molecular complexity index is 469. The molecule has 0 bridgehead atoms. The summed E-state index contributed by atoms with van der Waals surface area (Å²) in [6.45, 7) is 4.30. The molecule has 0 saturated carbocycles. The van der Waals surface area contributed by atoms with Gasteiger partial charge in [-0.25, -0.2) is 4.68 Å². The first-order valence-corrected chi connectivity index (χ1v) is 6.11. The highest BCUT2D eigenvalue weighted by Gasteiger charge is 2.36. The molecule has 6 heteroatoms. The summed E-state index contributed by atoms with van der Waals surface area (Å²) in [5.74, 6) is -0.983. The predicted molar refractivity (Wildman–Crippen MR) is 65.3 cm³/mol. The molecule has 2 atom stereocenters. The Labute approximate surface area is 105 Å². The van der Waals surface area contributed by atoms with Crippen molar-refractivity contribution in [3.8, 4) is 0 Å². The van der Waals surface area contributed by atoms with Crippen LogP contribution in [-0.4, -0.2) is 33.3 Å². The van der Waals surface area contributed by atoms with E-state index in [-0.39, 0.29) is 24.9 Å². The van der Waals surface area contributed by atoms with Crippen molar-refractivity contribution in [3.63, 3.8) is 0 Å². The quantitative estimate of drug-likeness (QED) is 0.875. The van der Waals surface area contributed by atoms with E-state index in [4.69, 9.17) is 5.11 Å². The molecule has 2 unspecified atom stereocenters. The number of aromatic nitrogens is 2. The molecule has 1 N–H and O–H groups in total. The van der Waals surface area contributed by atoms with E-state index in [0.29, 0.717) is 5.82 Å². The van der Waals surface area contributed by atoms with E-state index in [1.165, 1.54) is 4.90 Å². The molecule has 1 fully saturated rings. The minimum absolute atomic E-state index is 0.0705. The lowest BCUT2D eigenvalue weighted by Gasteiger charge is -2.20. The van der Waals surface area contributed by atoms with Gasteiger partial charge in [0.05, 0.1) is 18.2 Å². The Morgan fingerprint density at radius 3 is 2.94 bits per heavy atom. The van der Waals surface area contributed by atoms with Crippen molar-refractivity contribution in [2.45, 2.75) is 32.7 Å². The fourth-order valence-electron chi connectivity index (χ4n) is 2.13. The van der Waals surface area contributed by atoms with E-state index in [1.54, 1.807) is 16.9 Å². The third kappa shape index (κ3) is 2.10. The minimum Gasteiger partial charge on any atom is -0.481 e. The number of hydrogen-bond acceptors (Lipinski definition) is 3. The number of aliphatic carboxylic acids is 1. The molecule has 1 saturated heterocycles. The third-order valence-corrected chi connectivity index (χ3v) is 3.41. The zero-order chi connectivity index (χ0) is 13.3. The van der Waals surface area contributed by atoms with E-state index in [1.807, 2.05) is 13.8 Å². The molecule has 1 aliphatic heterocycles. The second-order valence-corrected chi connectivity index (χ2v) is 4.63. The van der Waals surface area contributed by atoms with Crippen LogP contribution in [0, 0.1) is 5.92 Å². The van der Waals surface area contributed by atoms with Gasteiger partial charge in [0.2, 0.25) is 5.91 Å². The van der Waals surface area contributed by atoms with Crippen LogP contribution in [0.25, 0.3) is 0 Å². The van der Waals surface area contributed by atoms with Crippen molar-refractivity contribution in [1.82, 2.24) is 9.78 Å². The van der Waals surface area contributed by atoms with Crippen LogP contribution in [0.2, 0.25) is 0 Å². The van der Waals surface area contributed by atoms with Crippen LogP contribution in [0.4, 0.5) is 5.82 Å². The number of amides is 1. The Morgan fingerprint density at radius 2 is 2.39 bits per heavy atom. The van der Waals surface area contributed by atoms with Crippen molar-refractivity contribution >= 4 is 17.7 Å². The van der Waals surface area contributed by atoms with Gasteiger partial charge in [0.1, 0.15) is 5.82 Å². The monoisotopic (exact) mass is 251 g/mol. The van der Waals surface area contributed by atoms with E-state index in [0.717, 1.165) is 6.42 Å². The molecule has 0 spiro atoms. The number of anilines is 1.